The second-order valence-electron chi connectivity index (χ2n) is 6.34. The summed E-state index contributed by atoms with van der Waals surface area (Å²) in [6.07, 6.45) is 6.75. The van der Waals surface area contributed by atoms with Gasteiger partial charge in [0, 0.05) is 24.8 Å². The van der Waals surface area contributed by atoms with E-state index in [1.54, 1.807) is 12.1 Å². The molecule has 118 valence electrons. The highest BCUT2D eigenvalue weighted by Gasteiger charge is 2.19. The second kappa shape index (κ2) is 7.79. The van der Waals surface area contributed by atoms with E-state index in [0.717, 1.165) is 37.4 Å². The van der Waals surface area contributed by atoms with Crippen molar-refractivity contribution < 1.29 is 4.39 Å². The van der Waals surface area contributed by atoms with Gasteiger partial charge >= 0.3 is 0 Å². The number of halogens is 1. The minimum absolute atomic E-state index is 0.112. The fourth-order valence-electron chi connectivity index (χ4n) is 3.27. The lowest BCUT2D eigenvalue weighted by Crippen LogP contribution is -2.28. The topological polar surface area (TPSA) is 29.3 Å². The van der Waals surface area contributed by atoms with E-state index in [0.29, 0.717) is 0 Å². The molecule has 0 radical (unpaired) electrons. The number of nitrogens with zero attached hydrogens (tertiary/aromatic N) is 1. The van der Waals surface area contributed by atoms with Gasteiger partial charge in [-0.3, -0.25) is 0 Å². The smallest absolute Gasteiger partial charge is 0.123 e. The lowest BCUT2D eigenvalue weighted by molar-refractivity contribution is 0.459. The first-order valence-corrected chi connectivity index (χ1v) is 8.43. The molecule has 1 heterocycles. The Morgan fingerprint density at radius 3 is 2.81 bits per heavy atom. The summed E-state index contributed by atoms with van der Waals surface area (Å²) in [5.41, 5.74) is 8.35. The summed E-state index contributed by atoms with van der Waals surface area (Å²) in [6, 6.07) is 5.31. The van der Waals surface area contributed by atoms with Gasteiger partial charge in [-0.25, -0.2) is 4.39 Å². The zero-order valence-electron chi connectivity index (χ0n) is 13.4. The van der Waals surface area contributed by atoms with Gasteiger partial charge in [-0.1, -0.05) is 20.3 Å². The third-order valence-corrected chi connectivity index (χ3v) is 4.81. The molecular weight excluding hydrogens is 263 g/mol. The summed E-state index contributed by atoms with van der Waals surface area (Å²) in [5, 5.41) is 0. The summed E-state index contributed by atoms with van der Waals surface area (Å²) in [6.45, 7) is 6.53. The molecule has 1 aromatic carbocycles. The van der Waals surface area contributed by atoms with E-state index in [1.807, 2.05) is 6.07 Å². The van der Waals surface area contributed by atoms with Crippen molar-refractivity contribution in [1.29, 1.82) is 0 Å². The van der Waals surface area contributed by atoms with Gasteiger partial charge in [0.05, 0.1) is 0 Å². The van der Waals surface area contributed by atoms with Crippen LogP contribution >= 0.6 is 0 Å². The molecule has 3 heteroatoms. The summed E-state index contributed by atoms with van der Waals surface area (Å²) >= 11 is 0. The molecule has 1 fully saturated rings. The van der Waals surface area contributed by atoms with Gasteiger partial charge in [0.15, 0.2) is 0 Å². The Morgan fingerprint density at radius 1 is 1.29 bits per heavy atom. The minimum Gasteiger partial charge on any atom is -0.371 e. The largest absolute Gasteiger partial charge is 0.371 e. The standard InChI is InChI=1S/C18H29FN2/c1-3-14-6-5-10-21(11-9-14)18-8-7-16(19)12-15(18)13-17(20)4-2/h7-8,12,14,17H,3-6,9-11,13,20H2,1-2H3. The quantitative estimate of drug-likeness (QED) is 0.884. The van der Waals surface area contributed by atoms with Crippen molar-refractivity contribution in [2.45, 2.75) is 58.4 Å². The molecule has 1 aromatic rings. The molecule has 0 aromatic heterocycles. The van der Waals surface area contributed by atoms with Crippen LogP contribution in [-0.2, 0) is 6.42 Å². The molecule has 2 rings (SSSR count). The molecule has 2 atom stereocenters. The highest BCUT2D eigenvalue weighted by Crippen LogP contribution is 2.28. The molecule has 2 nitrogen and oxygen atoms in total. The van der Waals surface area contributed by atoms with E-state index < -0.39 is 0 Å². The van der Waals surface area contributed by atoms with Gasteiger partial charge in [0.25, 0.3) is 0 Å². The van der Waals surface area contributed by atoms with Crippen LogP contribution in [0.1, 0.15) is 51.5 Å². The van der Waals surface area contributed by atoms with Crippen molar-refractivity contribution >= 4 is 5.69 Å². The Labute approximate surface area is 128 Å². The molecule has 1 aliphatic rings. The molecule has 1 saturated heterocycles. The van der Waals surface area contributed by atoms with E-state index in [4.69, 9.17) is 5.73 Å². The zero-order valence-corrected chi connectivity index (χ0v) is 13.4. The van der Waals surface area contributed by atoms with Crippen molar-refractivity contribution in [2.75, 3.05) is 18.0 Å². The Morgan fingerprint density at radius 2 is 2.10 bits per heavy atom. The monoisotopic (exact) mass is 292 g/mol. The fraction of sp³-hybridized carbons (Fsp3) is 0.667. The van der Waals surface area contributed by atoms with Crippen molar-refractivity contribution in [3.05, 3.63) is 29.6 Å². The Balaban J connectivity index is 2.17. The van der Waals surface area contributed by atoms with Crippen molar-refractivity contribution in [3.63, 3.8) is 0 Å². The van der Waals surface area contributed by atoms with Crippen LogP contribution < -0.4 is 10.6 Å². The van der Waals surface area contributed by atoms with E-state index >= 15 is 0 Å². The minimum atomic E-state index is -0.154. The van der Waals surface area contributed by atoms with E-state index in [9.17, 15) is 4.39 Å². The number of anilines is 1. The third kappa shape index (κ3) is 4.44. The number of hydrogen-bond donors (Lipinski definition) is 1. The van der Waals surface area contributed by atoms with E-state index in [1.165, 1.54) is 31.4 Å². The van der Waals surface area contributed by atoms with Gasteiger partial charge in [-0.15, -0.1) is 0 Å². The average molecular weight is 292 g/mol. The van der Waals surface area contributed by atoms with E-state index in [2.05, 4.69) is 18.7 Å². The molecule has 2 unspecified atom stereocenters. The highest BCUT2D eigenvalue weighted by molar-refractivity contribution is 5.54. The molecular formula is C18H29FN2. The second-order valence-corrected chi connectivity index (χ2v) is 6.34. The molecule has 2 N–H and O–H groups in total. The summed E-state index contributed by atoms with van der Waals surface area (Å²) in [4.78, 5) is 2.44. The maximum atomic E-state index is 13.6. The first kappa shape index (κ1) is 16.3. The molecule has 0 aliphatic carbocycles. The SMILES string of the molecule is CCC(N)Cc1cc(F)ccc1N1CCCC(CC)CC1. The third-order valence-electron chi connectivity index (χ3n) is 4.81. The molecule has 0 amide bonds. The van der Waals surface area contributed by atoms with Crippen LogP contribution in [0.15, 0.2) is 18.2 Å². The van der Waals surface area contributed by atoms with Gasteiger partial charge in [0.2, 0.25) is 0 Å². The Hall–Kier alpha value is -1.09. The van der Waals surface area contributed by atoms with Gasteiger partial charge in [0.1, 0.15) is 5.82 Å². The normalized spacial score (nSPS) is 21.1. The summed E-state index contributed by atoms with van der Waals surface area (Å²) in [5.74, 6) is 0.690. The lowest BCUT2D eigenvalue weighted by Gasteiger charge is -2.26. The van der Waals surface area contributed by atoms with E-state index in [-0.39, 0.29) is 11.9 Å². The zero-order chi connectivity index (χ0) is 15.2. The highest BCUT2D eigenvalue weighted by atomic mass is 19.1. The first-order valence-electron chi connectivity index (χ1n) is 8.43. The van der Waals surface area contributed by atoms with Gasteiger partial charge in [-0.05, 0) is 61.8 Å². The lowest BCUT2D eigenvalue weighted by atomic mass is 9.98. The number of rotatable bonds is 5. The first-order chi connectivity index (χ1) is 10.1. The number of nitrogens with two attached hydrogens (primary N) is 1. The molecule has 21 heavy (non-hydrogen) atoms. The van der Waals surface area contributed by atoms with Crippen LogP contribution in [-0.4, -0.2) is 19.1 Å². The molecule has 0 spiro atoms. The predicted octanol–water partition coefficient (Wildman–Crippen LogP) is 4.12. The number of benzene rings is 1. The molecule has 1 aliphatic heterocycles. The van der Waals surface area contributed by atoms with Crippen LogP contribution in [0.25, 0.3) is 0 Å². The van der Waals surface area contributed by atoms with Crippen LogP contribution in [0.5, 0.6) is 0 Å². The Kier molecular flexibility index (Phi) is 6.04. The predicted molar refractivity (Wildman–Crippen MR) is 88.2 cm³/mol. The average Bonchev–Trinajstić information content (AvgIpc) is 2.72. The van der Waals surface area contributed by atoms with Crippen LogP contribution in [0.2, 0.25) is 0 Å². The fourth-order valence-corrected chi connectivity index (χ4v) is 3.27. The summed E-state index contributed by atoms with van der Waals surface area (Å²) < 4.78 is 13.6. The summed E-state index contributed by atoms with van der Waals surface area (Å²) in [7, 11) is 0. The molecule has 0 bridgehead atoms. The number of hydrogen-bond acceptors (Lipinski definition) is 2. The molecule has 0 saturated carbocycles. The van der Waals surface area contributed by atoms with Crippen molar-refractivity contribution in [1.82, 2.24) is 0 Å². The van der Waals surface area contributed by atoms with Crippen LogP contribution in [0, 0.1) is 11.7 Å². The van der Waals surface area contributed by atoms with Gasteiger partial charge in [-0.2, -0.15) is 0 Å². The van der Waals surface area contributed by atoms with Crippen molar-refractivity contribution in [2.24, 2.45) is 11.7 Å². The van der Waals surface area contributed by atoms with Crippen LogP contribution in [0.3, 0.4) is 0 Å². The van der Waals surface area contributed by atoms with Crippen molar-refractivity contribution in [3.8, 4) is 0 Å². The maximum absolute atomic E-state index is 13.6. The van der Waals surface area contributed by atoms with Gasteiger partial charge < -0.3 is 10.6 Å². The maximum Gasteiger partial charge on any atom is 0.123 e. The van der Waals surface area contributed by atoms with Crippen LogP contribution in [0.4, 0.5) is 10.1 Å². The Bertz CT molecular complexity index is 447.